The number of amides is 1. The first-order chi connectivity index (χ1) is 12.5. The average molecular weight is 417 g/mol. The average Bonchev–Trinajstić information content (AvgIpc) is 2.65. The van der Waals surface area contributed by atoms with Crippen LogP contribution in [0.5, 0.6) is 0 Å². The number of aliphatic imine (C=N–C) groups is 1. The zero-order valence-electron chi connectivity index (χ0n) is 15.4. The number of hydrogen-bond acceptors (Lipinski definition) is 2. The molecule has 6 heteroatoms. The number of nitrogens with one attached hydrogen (secondary N) is 2. The Morgan fingerprint density at radius 2 is 1.81 bits per heavy atom. The summed E-state index contributed by atoms with van der Waals surface area (Å²) >= 11 is 3.44. The molecule has 0 aromatic heterocycles. The van der Waals surface area contributed by atoms with Crippen LogP contribution in [0, 0.1) is 0 Å². The van der Waals surface area contributed by atoms with Gasteiger partial charge < -0.3 is 15.5 Å². The molecular weight excluding hydrogens is 392 g/mol. The molecule has 0 heterocycles. The summed E-state index contributed by atoms with van der Waals surface area (Å²) in [5.74, 6) is 0.778. The molecule has 26 heavy (non-hydrogen) atoms. The Morgan fingerprint density at radius 3 is 2.46 bits per heavy atom. The first kappa shape index (κ1) is 20.0. The van der Waals surface area contributed by atoms with E-state index in [9.17, 15) is 4.79 Å². The SMILES string of the molecule is CN=C(NCCc1cccc(C(=O)N(C)C)c1)NCc1ccc(Br)cc1. The second-order valence-corrected chi connectivity index (χ2v) is 7.04. The van der Waals surface area contributed by atoms with Crippen LogP contribution in [-0.2, 0) is 13.0 Å². The molecular formula is C20H25BrN4O. The number of carbonyl (C=O) groups excluding carboxylic acids is 1. The zero-order valence-corrected chi connectivity index (χ0v) is 17.0. The molecule has 0 unspecified atom stereocenters. The van der Waals surface area contributed by atoms with Crippen LogP contribution in [0.15, 0.2) is 58.0 Å². The highest BCUT2D eigenvalue weighted by Gasteiger charge is 2.08. The van der Waals surface area contributed by atoms with Gasteiger partial charge in [0, 0.05) is 44.3 Å². The van der Waals surface area contributed by atoms with Gasteiger partial charge in [0.1, 0.15) is 0 Å². The fourth-order valence-corrected chi connectivity index (χ4v) is 2.72. The van der Waals surface area contributed by atoms with Crippen molar-refractivity contribution in [1.82, 2.24) is 15.5 Å². The minimum Gasteiger partial charge on any atom is -0.356 e. The summed E-state index contributed by atoms with van der Waals surface area (Å²) in [6.07, 6.45) is 0.813. The molecule has 0 fully saturated rings. The Hall–Kier alpha value is -2.34. The molecule has 0 saturated heterocycles. The lowest BCUT2D eigenvalue weighted by Gasteiger charge is -2.13. The van der Waals surface area contributed by atoms with Gasteiger partial charge in [-0.05, 0) is 41.8 Å². The van der Waals surface area contributed by atoms with Gasteiger partial charge >= 0.3 is 0 Å². The Bertz CT molecular complexity index is 757. The fraction of sp³-hybridized carbons (Fsp3) is 0.300. The highest BCUT2D eigenvalue weighted by atomic mass is 79.9. The van der Waals surface area contributed by atoms with Gasteiger partial charge in [0.05, 0.1) is 0 Å². The van der Waals surface area contributed by atoms with E-state index >= 15 is 0 Å². The maximum atomic E-state index is 12.0. The van der Waals surface area contributed by atoms with Gasteiger partial charge in [0.2, 0.25) is 0 Å². The first-order valence-electron chi connectivity index (χ1n) is 8.49. The topological polar surface area (TPSA) is 56.7 Å². The van der Waals surface area contributed by atoms with Crippen LogP contribution in [0.25, 0.3) is 0 Å². The van der Waals surface area contributed by atoms with E-state index < -0.39 is 0 Å². The Labute approximate surface area is 163 Å². The van der Waals surface area contributed by atoms with Gasteiger partial charge in [-0.25, -0.2) is 0 Å². The Kier molecular flexibility index (Phi) is 7.66. The van der Waals surface area contributed by atoms with E-state index in [1.165, 1.54) is 5.56 Å². The number of hydrogen-bond donors (Lipinski definition) is 2. The lowest BCUT2D eigenvalue weighted by molar-refractivity contribution is 0.0827. The van der Waals surface area contributed by atoms with E-state index in [4.69, 9.17) is 0 Å². The minimum atomic E-state index is 0.0202. The van der Waals surface area contributed by atoms with Crippen LogP contribution < -0.4 is 10.6 Å². The van der Waals surface area contributed by atoms with Gasteiger partial charge in [-0.1, -0.05) is 40.2 Å². The molecule has 2 aromatic carbocycles. The summed E-state index contributed by atoms with van der Waals surface area (Å²) in [6, 6.07) is 15.9. The van der Waals surface area contributed by atoms with Crippen molar-refractivity contribution in [1.29, 1.82) is 0 Å². The van der Waals surface area contributed by atoms with Crippen molar-refractivity contribution >= 4 is 27.8 Å². The molecule has 0 aliphatic carbocycles. The molecule has 0 radical (unpaired) electrons. The van der Waals surface area contributed by atoms with Crippen LogP contribution in [0.4, 0.5) is 0 Å². The second-order valence-electron chi connectivity index (χ2n) is 6.13. The third-order valence-corrected chi connectivity index (χ3v) is 4.41. The molecule has 1 amide bonds. The van der Waals surface area contributed by atoms with Gasteiger partial charge in [0.15, 0.2) is 5.96 Å². The van der Waals surface area contributed by atoms with E-state index in [0.717, 1.165) is 29.0 Å². The maximum absolute atomic E-state index is 12.0. The van der Waals surface area contributed by atoms with Crippen molar-refractivity contribution in [3.8, 4) is 0 Å². The lowest BCUT2D eigenvalue weighted by atomic mass is 10.1. The zero-order chi connectivity index (χ0) is 18.9. The monoisotopic (exact) mass is 416 g/mol. The molecule has 2 rings (SSSR count). The third-order valence-electron chi connectivity index (χ3n) is 3.88. The number of guanidine groups is 1. The van der Waals surface area contributed by atoms with E-state index in [0.29, 0.717) is 12.1 Å². The lowest BCUT2D eigenvalue weighted by Crippen LogP contribution is -2.37. The van der Waals surface area contributed by atoms with Crippen LogP contribution >= 0.6 is 15.9 Å². The normalized spacial score (nSPS) is 11.2. The molecule has 2 aromatic rings. The van der Waals surface area contributed by atoms with Crippen molar-refractivity contribution in [3.63, 3.8) is 0 Å². The predicted molar refractivity (Wildman–Crippen MR) is 111 cm³/mol. The van der Waals surface area contributed by atoms with Crippen molar-refractivity contribution in [2.45, 2.75) is 13.0 Å². The van der Waals surface area contributed by atoms with Crippen molar-refractivity contribution in [2.24, 2.45) is 4.99 Å². The van der Waals surface area contributed by atoms with E-state index in [-0.39, 0.29) is 5.91 Å². The molecule has 0 bridgehead atoms. The molecule has 5 nitrogen and oxygen atoms in total. The molecule has 0 saturated carbocycles. The number of carbonyl (C=O) groups is 1. The molecule has 2 N–H and O–H groups in total. The van der Waals surface area contributed by atoms with Crippen LogP contribution in [-0.4, -0.2) is 44.5 Å². The minimum absolute atomic E-state index is 0.0202. The molecule has 138 valence electrons. The van der Waals surface area contributed by atoms with E-state index in [2.05, 4.69) is 43.7 Å². The second kappa shape index (κ2) is 9.97. The number of nitrogens with zero attached hydrogens (tertiary/aromatic N) is 2. The van der Waals surface area contributed by atoms with Crippen molar-refractivity contribution < 1.29 is 4.79 Å². The Balaban J connectivity index is 1.83. The first-order valence-corrected chi connectivity index (χ1v) is 9.28. The third kappa shape index (κ3) is 6.19. The van der Waals surface area contributed by atoms with Crippen molar-refractivity contribution in [2.75, 3.05) is 27.7 Å². The molecule has 0 aliphatic rings. The van der Waals surface area contributed by atoms with Crippen LogP contribution in [0.1, 0.15) is 21.5 Å². The van der Waals surface area contributed by atoms with Gasteiger partial charge in [-0.3, -0.25) is 9.79 Å². The number of benzene rings is 2. The van der Waals surface area contributed by atoms with Gasteiger partial charge in [0.25, 0.3) is 5.91 Å². The largest absolute Gasteiger partial charge is 0.356 e. The van der Waals surface area contributed by atoms with E-state index in [1.54, 1.807) is 26.0 Å². The predicted octanol–water partition coefficient (Wildman–Crippen LogP) is 3.06. The highest BCUT2D eigenvalue weighted by Crippen LogP contribution is 2.10. The highest BCUT2D eigenvalue weighted by molar-refractivity contribution is 9.10. The van der Waals surface area contributed by atoms with Crippen LogP contribution in [0.3, 0.4) is 0 Å². The van der Waals surface area contributed by atoms with Crippen LogP contribution in [0.2, 0.25) is 0 Å². The fourth-order valence-electron chi connectivity index (χ4n) is 2.45. The van der Waals surface area contributed by atoms with E-state index in [1.807, 2.05) is 36.4 Å². The summed E-state index contributed by atoms with van der Waals surface area (Å²) in [7, 11) is 5.28. The smallest absolute Gasteiger partial charge is 0.253 e. The van der Waals surface area contributed by atoms with Crippen molar-refractivity contribution in [3.05, 3.63) is 69.7 Å². The number of halogens is 1. The quantitative estimate of drug-likeness (QED) is 0.561. The van der Waals surface area contributed by atoms with Gasteiger partial charge in [-0.15, -0.1) is 0 Å². The standard InChI is InChI=1S/C20H25BrN4O/c1-22-20(24-14-16-7-9-18(21)10-8-16)23-12-11-15-5-4-6-17(13-15)19(26)25(2)3/h4-10,13H,11-12,14H2,1-3H3,(H2,22,23,24). The Morgan fingerprint density at radius 1 is 1.08 bits per heavy atom. The molecule has 0 spiro atoms. The summed E-state index contributed by atoms with van der Waals surface area (Å²) in [6.45, 7) is 1.44. The maximum Gasteiger partial charge on any atom is 0.253 e. The summed E-state index contributed by atoms with van der Waals surface area (Å²) in [5, 5.41) is 6.60. The summed E-state index contributed by atoms with van der Waals surface area (Å²) in [4.78, 5) is 17.9. The molecule has 0 atom stereocenters. The summed E-state index contributed by atoms with van der Waals surface area (Å²) < 4.78 is 1.07. The van der Waals surface area contributed by atoms with Gasteiger partial charge in [-0.2, -0.15) is 0 Å². The number of rotatable bonds is 6. The summed E-state index contributed by atoms with van der Waals surface area (Å²) in [5.41, 5.74) is 3.02. The molecule has 0 aliphatic heterocycles.